The minimum absolute atomic E-state index is 0.0296. The molecule has 168 valence electrons. The van der Waals surface area contributed by atoms with E-state index in [-0.39, 0.29) is 34.5 Å². The molecule has 6 nitrogen and oxygen atoms in total. The summed E-state index contributed by atoms with van der Waals surface area (Å²) in [6, 6.07) is 14.9. The van der Waals surface area contributed by atoms with Crippen LogP contribution in [0.25, 0.3) is 10.9 Å². The highest BCUT2D eigenvalue weighted by Crippen LogP contribution is 2.65. The van der Waals surface area contributed by atoms with E-state index >= 15 is 0 Å². The molecule has 1 aromatic heterocycles. The van der Waals surface area contributed by atoms with Gasteiger partial charge in [-0.05, 0) is 42.5 Å². The Morgan fingerprint density at radius 2 is 1.82 bits per heavy atom. The molecule has 1 fully saturated rings. The highest BCUT2D eigenvalue weighted by Gasteiger charge is 2.68. The van der Waals surface area contributed by atoms with Gasteiger partial charge in [-0.1, -0.05) is 50.3 Å². The van der Waals surface area contributed by atoms with Gasteiger partial charge in [0.1, 0.15) is 18.0 Å². The van der Waals surface area contributed by atoms with E-state index in [4.69, 9.17) is 4.98 Å². The zero-order chi connectivity index (χ0) is 23.3. The van der Waals surface area contributed by atoms with Crippen LogP contribution in [0.5, 0.6) is 0 Å². The Bertz CT molecular complexity index is 1410. The van der Waals surface area contributed by atoms with Crippen molar-refractivity contribution >= 4 is 22.5 Å². The molecule has 3 aromatic rings. The molecule has 3 aliphatic rings. The Balaban J connectivity index is 1.67. The molecule has 0 spiro atoms. The predicted octanol–water partition coefficient (Wildman–Crippen LogP) is 4.17. The number of hydrogen-bond acceptors (Lipinski definition) is 4. The number of benzene rings is 2. The summed E-state index contributed by atoms with van der Waals surface area (Å²) in [5, 5.41) is 0.552. The number of likely N-dealkylation sites (N-methyl/N-ethyl adjacent to an activating group) is 1. The maximum atomic E-state index is 13.9. The minimum atomic E-state index is -0.611. The largest absolute Gasteiger partial charge is 0.353 e. The zero-order valence-corrected chi connectivity index (χ0v) is 19.4. The summed E-state index contributed by atoms with van der Waals surface area (Å²) >= 11 is 0. The predicted molar refractivity (Wildman–Crippen MR) is 129 cm³/mol. The van der Waals surface area contributed by atoms with Gasteiger partial charge in [0.05, 0.1) is 16.9 Å². The van der Waals surface area contributed by atoms with Crippen LogP contribution in [0.15, 0.2) is 66.0 Å². The summed E-state index contributed by atoms with van der Waals surface area (Å²) in [6.07, 6.45) is 2.52. The molecule has 4 atom stereocenters. The number of allylic oxidation sites excluding steroid dienone is 1. The average molecular weight is 441 g/mol. The fourth-order valence-electron chi connectivity index (χ4n) is 6.69. The van der Waals surface area contributed by atoms with Crippen LogP contribution in [0.1, 0.15) is 50.7 Å². The second kappa shape index (κ2) is 6.34. The first-order chi connectivity index (χ1) is 15.7. The van der Waals surface area contributed by atoms with Gasteiger partial charge in [0.2, 0.25) is 5.91 Å². The number of hydrogen-bond donors (Lipinski definition) is 0. The first kappa shape index (κ1) is 20.2. The van der Waals surface area contributed by atoms with E-state index in [2.05, 4.69) is 50.6 Å². The topological polar surface area (TPSA) is 58.4 Å². The molecule has 0 bridgehead atoms. The van der Waals surface area contributed by atoms with Crippen LogP contribution >= 0.6 is 0 Å². The van der Waals surface area contributed by atoms with Crippen molar-refractivity contribution in [1.29, 1.82) is 0 Å². The normalized spacial score (nSPS) is 27.9. The lowest BCUT2D eigenvalue weighted by Gasteiger charge is -2.46. The molecule has 0 aliphatic carbocycles. The first-order valence-corrected chi connectivity index (χ1v) is 11.5. The molecular weight excluding hydrogens is 412 g/mol. The summed E-state index contributed by atoms with van der Waals surface area (Å²) in [6.45, 7) is 10.4. The molecule has 2 aromatic carbocycles. The standard InChI is InChI=1S/C27H28N4O2/c1-6-26(3,4)27-15-21-22-28-19-13-9-7-11-17(19)24(33)30(22)16(2)23(32)31(21)25(27)29(5)20-14-10-8-12-18(20)27/h6-14,16,21,25H,1,15H2,2-5H3/t16-,21+,25+,27-/m1/s1. The van der Waals surface area contributed by atoms with Crippen LogP contribution < -0.4 is 10.5 Å². The van der Waals surface area contributed by atoms with E-state index < -0.39 is 6.04 Å². The fourth-order valence-corrected chi connectivity index (χ4v) is 6.69. The second-order valence-corrected chi connectivity index (χ2v) is 10.2. The maximum absolute atomic E-state index is 13.9. The smallest absolute Gasteiger partial charge is 0.262 e. The van der Waals surface area contributed by atoms with Gasteiger partial charge in [-0.15, -0.1) is 6.58 Å². The number of carbonyl (C=O) groups is 1. The number of nitrogens with zero attached hydrogens (tertiary/aromatic N) is 4. The number of rotatable bonds is 2. The first-order valence-electron chi connectivity index (χ1n) is 11.5. The number of amides is 1. The van der Waals surface area contributed by atoms with Crippen molar-refractivity contribution < 1.29 is 4.79 Å². The minimum Gasteiger partial charge on any atom is -0.353 e. The van der Waals surface area contributed by atoms with Crippen molar-refractivity contribution in [3.63, 3.8) is 0 Å². The molecule has 0 saturated carbocycles. The van der Waals surface area contributed by atoms with E-state index in [1.165, 1.54) is 5.56 Å². The van der Waals surface area contributed by atoms with Crippen molar-refractivity contribution in [3.8, 4) is 0 Å². The van der Waals surface area contributed by atoms with Crippen LogP contribution in [0.2, 0.25) is 0 Å². The Morgan fingerprint density at radius 3 is 2.58 bits per heavy atom. The van der Waals surface area contributed by atoms with Gasteiger partial charge < -0.3 is 9.80 Å². The lowest BCUT2D eigenvalue weighted by atomic mass is 9.60. The van der Waals surface area contributed by atoms with E-state index in [1.54, 1.807) is 10.6 Å². The SMILES string of the molecule is C=CC(C)(C)[C@@]12C[C@H]3c4nc5ccccc5c(=O)n4[C@H](C)C(=O)N3[C@@H]1N(C)c1ccccc12. The summed E-state index contributed by atoms with van der Waals surface area (Å²) < 4.78 is 1.63. The maximum Gasteiger partial charge on any atom is 0.262 e. The zero-order valence-electron chi connectivity index (χ0n) is 19.4. The molecule has 6 rings (SSSR count). The van der Waals surface area contributed by atoms with Gasteiger partial charge in [0.15, 0.2) is 0 Å². The Kier molecular flexibility index (Phi) is 3.88. The third-order valence-corrected chi connectivity index (χ3v) is 8.48. The van der Waals surface area contributed by atoms with Crippen molar-refractivity contribution in [2.45, 2.75) is 50.9 Å². The Morgan fingerprint density at radius 1 is 1.12 bits per heavy atom. The molecule has 6 heteroatoms. The van der Waals surface area contributed by atoms with Crippen molar-refractivity contribution in [3.05, 3.63) is 82.9 Å². The molecule has 0 unspecified atom stereocenters. The molecule has 1 saturated heterocycles. The van der Waals surface area contributed by atoms with Crippen molar-refractivity contribution in [2.24, 2.45) is 5.41 Å². The lowest BCUT2D eigenvalue weighted by Crippen LogP contribution is -2.58. The number of para-hydroxylation sites is 2. The quantitative estimate of drug-likeness (QED) is 0.561. The van der Waals surface area contributed by atoms with Gasteiger partial charge >= 0.3 is 0 Å². The third kappa shape index (κ3) is 2.21. The van der Waals surface area contributed by atoms with E-state index in [1.807, 2.05) is 42.2 Å². The average Bonchev–Trinajstić information content (AvgIpc) is 3.31. The van der Waals surface area contributed by atoms with Gasteiger partial charge in [0, 0.05) is 18.2 Å². The molecule has 4 heterocycles. The highest BCUT2D eigenvalue weighted by molar-refractivity contribution is 5.86. The van der Waals surface area contributed by atoms with E-state index in [9.17, 15) is 9.59 Å². The van der Waals surface area contributed by atoms with Gasteiger partial charge in [-0.3, -0.25) is 14.2 Å². The van der Waals surface area contributed by atoms with Crippen molar-refractivity contribution in [2.75, 3.05) is 11.9 Å². The number of anilines is 1. The molecule has 0 N–H and O–H groups in total. The van der Waals surface area contributed by atoms with Crippen LogP contribution in [0.4, 0.5) is 5.69 Å². The molecule has 1 amide bonds. The molecular formula is C27H28N4O2. The summed E-state index contributed by atoms with van der Waals surface area (Å²) in [5.74, 6) is 0.656. The number of aromatic nitrogens is 2. The summed E-state index contributed by atoms with van der Waals surface area (Å²) in [4.78, 5) is 36.6. The van der Waals surface area contributed by atoms with Crippen LogP contribution in [-0.4, -0.2) is 33.6 Å². The fraction of sp³-hybridized carbons (Fsp3) is 0.370. The van der Waals surface area contributed by atoms with Crippen molar-refractivity contribution in [1.82, 2.24) is 14.5 Å². The van der Waals surface area contributed by atoms with Gasteiger partial charge in [-0.2, -0.15) is 0 Å². The summed E-state index contributed by atoms with van der Waals surface area (Å²) in [5.41, 5.74) is 2.23. The van der Waals surface area contributed by atoms with Crippen LogP contribution in [0, 0.1) is 5.41 Å². The highest BCUT2D eigenvalue weighted by atomic mass is 16.2. The number of fused-ring (bicyclic) bond motifs is 8. The molecule has 0 radical (unpaired) electrons. The van der Waals surface area contributed by atoms with Gasteiger partial charge in [-0.25, -0.2) is 4.98 Å². The van der Waals surface area contributed by atoms with Gasteiger partial charge in [0.25, 0.3) is 5.56 Å². The second-order valence-electron chi connectivity index (χ2n) is 10.2. The Labute approximate surface area is 193 Å². The van der Waals surface area contributed by atoms with Crippen LogP contribution in [-0.2, 0) is 10.2 Å². The monoisotopic (exact) mass is 440 g/mol. The number of carbonyl (C=O) groups excluding carboxylic acids is 1. The Hall–Kier alpha value is -3.41. The third-order valence-electron chi connectivity index (χ3n) is 8.48. The lowest BCUT2D eigenvalue weighted by molar-refractivity contribution is -0.140. The molecule has 3 aliphatic heterocycles. The van der Waals surface area contributed by atoms with E-state index in [0.29, 0.717) is 23.1 Å². The summed E-state index contributed by atoms with van der Waals surface area (Å²) in [7, 11) is 2.07. The molecule has 33 heavy (non-hydrogen) atoms. The van der Waals surface area contributed by atoms with Crippen LogP contribution in [0.3, 0.4) is 0 Å². The van der Waals surface area contributed by atoms with E-state index in [0.717, 1.165) is 5.69 Å².